The predicted octanol–water partition coefficient (Wildman–Crippen LogP) is 2.37. The first-order chi connectivity index (χ1) is 15.6. The van der Waals surface area contributed by atoms with Crippen LogP contribution in [0.4, 0.5) is 5.69 Å². The molecule has 7 heteroatoms. The number of hydrogen-bond acceptors (Lipinski definition) is 4. The molecule has 2 aliphatic heterocycles. The van der Waals surface area contributed by atoms with Crippen molar-refractivity contribution in [2.45, 2.75) is 37.3 Å². The Kier molecular flexibility index (Phi) is 5.09. The van der Waals surface area contributed by atoms with E-state index in [4.69, 9.17) is 0 Å². The van der Waals surface area contributed by atoms with Crippen LogP contribution in [0.1, 0.15) is 24.0 Å². The van der Waals surface area contributed by atoms with Crippen LogP contribution in [0.25, 0.3) is 0 Å². The van der Waals surface area contributed by atoms with Crippen molar-refractivity contribution < 1.29 is 9.59 Å². The first kappa shape index (κ1) is 20.2. The van der Waals surface area contributed by atoms with Gasteiger partial charge in [0.05, 0.1) is 11.5 Å². The Balaban J connectivity index is 1.49. The molecule has 7 nitrogen and oxygen atoms in total. The number of aromatic nitrogens is 2. The van der Waals surface area contributed by atoms with Crippen molar-refractivity contribution in [2.75, 3.05) is 11.9 Å². The van der Waals surface area contributed by atoms with Crippen molar-refractivity contribution in [2.24, 2.45) is 0 Å². The maximum absolute atomic E-state index is 13.4. The fourth-order valence-electron chi connectivity index (χ4n) is 5.19. The number of likely N-dealkylation sites (tertiary alicyclic amines) is 1. The molecule has 2 atom stereocenters. The van der Waals surface area contributed by atoms with Gasteiger partial charge in [0.1, 0.15) is 6.54 Å². The quantitative estimate of drug-likeness (QED) is 0.676. The first-order valence-electron chi connectivity index (χ1n) is 10.9. The monoisotopic (exact) mass is 428 g/mol. The molecule has 2 aliphatic rings. The summed E-state index contributed by atoms with van der Waals surface area (Å²) in [4.78, 5) is 44.3. The summed E-state index contributed by atoms with van der Waals surface area (Å²) < 4.78 is 1.31. The highest BCUT2D eigenvalue weighted by molar-refractivity contribution is 6.07. The predicted molar refractivity (Wildman–Crippen MR) is 120 cm³/mol. The summed E-state index contributed by atoms with van der Waals surface area (Å²) in [6.07, 6.45) is 4.94. The number of aryl methyl sites for hydroxylation is 1. The number of amides is 2. The normalized spacial score (nSPS) is 21.6. The SMILES string of the molecule is O=C(Cn1cccnc1=O)N1CC[C@]2(C(=O)Nc3ccccc32)[C@@H]1CCc1ccccc1. The molecule has 5 rings (SSSR count). The molecule has 3 aromatic rings. The van der Waals surface area contributed by atoms with E-state index >= 15 is 0 Å². The molecule has 2 aromatic carbocycles. The van der Waals surface area contributed by atoms with Gasteiger partial charge in [-0.25, -0.2) is 9.78 Å². The van der Waals surface area contributed by atoms with Gasteiger partial charge in [-0.15, -0.1) is 0 Å². The third kappa shape index (κ3) is 3.30. The van der Waals surface area contributed by atoms with E-state index in [1.807, 2.05) is 42.5 Å². The van der Waals surface area contributed by atoms with Crippen LogP contribution < -0.4 is 11.0 Å². The second-order valence-electron chi connectivity index (χ2n) is 8.38. The van der Waals surface area contributed by atoms with Crippen LogP contribution in [0.15, 0.2) is 77.9 Å². The fourth-order valence-corrected chi connectivity index (χ4v) is 5.19. The van der Waals surface area contributed by atoms with E-state index in [0.717, 1.165) is 23.2 Å². The van der Waals surface area contributed by atoms with Crippen LogP contribution in [0.3, 0.4) is 0 Å². The Morgan fingerprint density at radius 3 is 2.66 bits per heavy atom. The van der Waals surface area contributed by atoms with E-state index in [-0.39, 0.29) is 24.4 Å². The Morgan fingerprint density at radius 1 is 1.06 bits per heavy atom. The Morgan fingerprint density at radius 2 is 1.84 bits per heavy atom. The highest BCUT2D eigenvalue weighted by atomic mass is 16.2. The standard InChI is InChI=1S/C25H24N4O3/c30-22(17-28-15-6-14-26-24(28)32)29-16-13-25(19-9-4-5-10-20(19)27-23(25)31)21(29)12-11-18-7-2-1-3-8-18/h1-10,14-15,21H,11-13,16-17H2,(H,27,31)/t21-,25+/m0/s1. The Hall–Kier alpha value is -3.74. The van der Waals surface area contributed by atoms with E-state index in [1.165, 1.54) is 10.8 Å². The molecule has 1 spiro atoms. The van der Waals surface area contributed by atoms with Gasteiger partial charge in [0.15, 0.2) is 0 Å². The molecule has 0 aliphatic carbocycles. The fraction of sp³-hybridized carbons (Fsp3) is 0.280. The zero-order valence-electron chi connectivity index (χ0n) is 17.6. The largest absolute Gasteiger partial charge is 0.347 e. The third-order valence-corrected chi connectivity index (χ3v) is 6.71. The lowest BCUT2D eigenvalue weighted by molar-refractivity contribution is -0.134. The Bertz CT molecular complexity index is 1220. The number of nitrogens with zero attached hydrogens (tertiary/aromatic N) is 3. The van der Waals surface area contributed by atoms with Gasteiger partial charge in [0.25, 0.3) is 0 Å². The maximum Gasteiger partial charge on any atom is 0.347 e. The molecule has 0 radical (unpaired) electrons. The molecule has 0 saturated carbocycles. The zero-order chi connectivity index (χ0) is 22.1. The number of carbonyl (C=O) groups excluding carboxylic acids is 2. The van der Waals surface area contributed by atoms with Crippen molar-refractivity contribution in [3.63, 3.8) is 0 Å². The van der Waals surface area contributed by atoms with E-state index < -0.39 is 11.1 Å². The number of hydrogen-bond donors (Lipinski definition) is 1. The van der Waals surface area contributed by atoms with Crippen LogP contribution in [0.2, 0.25) is 0 Å². The van der Waals surface area contributed by atoms with E-state index in [0.29, 0.717) is 19.4 Å². The molecular formula is C25H24N4O3. The summed E-state index contributed by atoms with van der Waals surface area (Å²) in [5.74, 6) is -0.224. The molecule has 0 bridgehead atoms. The summed E-state index contributed by atoms with van der Waals surface area (Å²) in [7, 11) is 0. The lowest BCUT2D eigenvalue weighted by atomic mass is 9.73. The molecule has 1 aromatic heterocycles. The van der Waals surface area contributed by atoms with Gasteiger partial charge in [-0.1, -0.05) is 48.5 Å². The summed E-state index contributed by atoms with van der Waals surface area (Å²) in [6.45, 7) is 0.378. The van der Waals surface area contributed by atoms with Gasteiger partial charge >= 0.3 is 5.69 Å². The second kappa shape index (κ2) is 8.07. The number of anilines is 1. The Labute approximate surface area is 185 Å². The minimum absolute atomic E-state index is 0.0504. The van der Waals surface area contributed by atoms with Gasteiger partial charge < -0.3 is 10.2 Å². The van der Waals surface area contributed by atoms with Crippen molar-refractivity contribution >= 4 is 17.5 Å². The lowest BCUT2D eigenvalue weighted by Gasteiger charge is -2.34. The molecule has 32 heavy (non-hydrogen) atoms. The van der Waals surface area contributed by atoms with Crippen LogP contribution >= 0.6 is 0 Å². The molecule has 162 valence electrons. The average molecular weight is 428 g/mol. The minimum Gasteiger partial charge on any atom is -0.337 e. The van der Waals surface area contributed by atoms with Crippen LogP contribution in [-0.4, -0.2) is 38.9 Å². The second-order valence-corrected chi connectivity index (χ2v) is 8.38. The number of para-hydroxylation sites is 1. The highest BCUT2D eigenvalue weighted by Gasteiger charge is 2.58. The zero-order valence-corrected chi connectivity index (χ0v) is 17.6. The molecule has 1 fully saturated rings. The summed E-state index contributed by atoms with van der Waals surface area (Å²) in [5, 5.41) is 3.03. The molecular weight excluding hydrogens is 404 g/mol. The lowest BCUT2D eigenvalue weighted by Crippen LogP contribution is -2.50. The van der Waals surface area contributed by atoms with Gasteiger partial charge in [0, 0.05) is 24.6 Å². The molecule has 1 saturated heterocycles. The summed E-state index contributed by atoms with van der Waals surface area (Å²) >= 11 is 0. The van der Waals surface area contributed by atoms with Crippen molar-refractivity contribution in [1.82, 2.24) is 14.5 Å². The number of rotatable bonds is 5. The van der Waals surface area contributed by atoms with E-state index in [2.05, 4.69) is 22.4 Å². The smallest absolute Gasteiger partial charge is 0.337 e. The van der Waals surface area contributed by atoms with Crippen molar-refractivity contribution in [1.29, 1.82) is 0 Å². The van der Waals surface area contributed by atoms with Crippen molar-refractivity contribution in [3.8, 4) is 0 Å². The third-order valence-electron chi connectivity index (χ3n) is 6.71. The number of benzene rings is 2. The molecule has 3 heterocycles. The van der Waals surface area contributed by atoms with Crippen LogP contribution in [-0.2, 0) is 28.0 Å². The van der Waals surface area contributed by atoms with Gasteiger partial charge in [-0.2, -0.15) is 0 Å². The minimum atomic E-state index is -0.777. The number of nitrogens with one attached hydrogen (secondary N) is 1. The molecule has 2 amide bonds. The summed E-state index contributed by atoms with van der Waals surface area (Å²) in [5.41, 5.74) is 1.70. The topological polar surface area (TPSA) is 84.3 Å². The average Bonchev–Trinajstić information content (AvgIpc) is 3.33. The van der Waals surface area contributed by atoms with E-state index in [1.54, 1.807) is 17.2 Å². The number of fused-ring (bicyclic) bond motifs is 2. The first-order valence-corrected chi connectivity index (χ1v) is 10.9. The van der Waals surface area contributed by atoms with Gasteiger partial charge in [-0.3, -0.25) is 14.2 Å². The number of carbonyl (C=O) groups is 2. The maximum atomic E-state index is 13.4. The van der Waals surface area contributed by atoms with Crippen molar-refractivity contribution in [3.05, 3.63) is 94.7 Å². The van der Waals surface area contributed by atoms with Crippen LogP contribution in [0.5, 0.6) is 0 Å². The van der Waals surface area contributed by atoms with Gasteiger partial charge in [-0.05, 0) is 42.5 Å². The summed E-state index contributed by atoms with van der Waals surface area (Å²) in [6, 6.07) is 19.2. The highest BCUT2D eigenvalue weighted by Crippen LogP contribution is 2.49. The molecule has 1 N–H and O–H groups in total. The molecule has 0 unspecified atom stereocenters. The van der Waals surface area contributed by atoms with Gasteiger partial charge in [0.2, 0.25) is 11.8 Å². The van der Waals surface area contributed by atoms with Crippen LogP contribution in [0, 0.1) is 0 Å². The van der Waals surface area contributed by atoms with E-state index in [9.17, 15) is 14.4 Å².